The molecule has 0 aliphatic rings. The molecule has 0 bridgehead atoms. The molecule has 4 nitrogen and oxygen atoms in total. The number of para-hydroxylation sites is 4. The maximum Gasteiger partial charge on any atom is 0.145 e. The molecule has 0 spiro atoms. The highest BCUT2D eigenvalue weighted by Gasteiger charge is 2.24. The Kier molecular flexibility index (Phi) is 7.57. The van der Waals surface area contributed by atoms with Gasteiger partial charge < -0.3 is 18.3 Å². The van der Waals surface area contributed by atoms with Crippen LogP contribution in [-0.2, 0) is 0 Å². The lowest BCUT2D eigenvalue weighted by Gasteiger charge is -2.28. The lowest BCUT2D eigenvalue weighted by molar-refractivity contribution is 0.669. The molecule has 10 aromatic carbocycles. The second-order valence-electron chi connectivity index (χ2n) is 16.0. The SMILES string of the molecule is c1ccc2c(N(c3ccc(-c4cccc5oc6ccccc6c45)cc3)c3ccc(-c4ccc(-n5c6ccccc6c6ccccc65)cc4)c4oc5ccccc5c34)cccc2c1. The van der Waals surface area contributed by atoms with Crippen LogP contribution in [0, 0.1) is 0 Å². The van der Waals surface area contributed by atoms with Gasteiger partial charge in [0.05, 0.1) is 27.8 Å². The van der Waals surface area contributed by atoms with E-state index in [1.165, 1.54) is 32.6 Å². The van der Waals surface area contributed by atoms with Gasteiger partial charge in [-0.05, 0) is 94.9 Å². The zero-order chi connectivity index (χ0) is 40.7. The Bertz CT molecular complexity index is 3810. The van der Waals surface area contributed by atoms with Gasteiger partial charge in [-0.1, -0.05) is 146 Å². The third-order valence-electron chi connectivity index (χ3n) is 12.6. The standard InChI is InChI=1S/C58H36N2O2/c1-2-15-42-37(13-1)14-11-23-49(42)60(41-31-27-38(28-32-41)43-20-12-26-55-56(43)47-18-5-9-24-53(47)61-55)52-36-35-44(58-57(52)48-19-6-10-25-54(48)62-58)39-29-33-40(34-30-39)59-50-21-7-3-16-45(50)46-17-4-8-22-51(46)59/h1-36H. The Balaban J connectivity index is 0.993. The van der Waals surface area contributed by atoms with Gasteiger partial charge in [0, 0.05) is 49.3 Å². The largest absolute Gasteiger partial charge is 0.456 e. The second-order valence-corrected chi connectivity index (χ2v) is 16.0. The van der Waals surface area contributed by atoms with Gasteiger partial charge in [-0.15, -0.1) is 0 Å². The number of fused-ring (bicyclic) bond motifs is 10. The molecule has 3 heterocycles. The van der Waals surface area contributed by atoms with Crippen LogP contribution in [0.3, 0.4) is 0 Å². The van der Waals surface area contributed by atoms with Crippen LogP contribution in [0.25, 0.3) is 104 Å². The number of nitrogens with zero attached hydrogens (tertiary/aromatic N) is 2. The van der Waals surface area contributed by atoms with E-state index in [2.05, 4.69) is 216 Å². The molecule has 0 radical (unpaired) electrons. The molecule has 4 heteroatoms. The van der Waals surface area contributed by atoms with Gasteiger partial charge in [-0.25, -0.2) is 0 Å². The number of rotatable bonds is 6. The molecule has 13 aromatic rings. The molecule has 290 valence electrons. The van der Waals surface area contributed by atoms with Gasteiger partial charge in [-0.2, -0.15) is 0 Å². The van der Waals surface area contributed by atoms with E-state index < -0.39 is 0 Å². The number of furan rings is 2. The number of hydrogen-bond acceptors (Lipinski definition) is 3. The Morgan fingerprint density at radius 2 is 0.887 bits per heavy atom. The summed E-state index contributed by atoms with van der Waals surface area (Å²) in [4.78, 5) is 2.40. The molecule has 0 aliphatic heterocycles. The minimum absolute atomic E-state index is 0.853. The van der Waals surface area contributed by atoms with Gasteiger partial charge in [0.2, 0.25) is 0 Å². The first-order valence-corrected chi connectivity index (χ1v) is 21.1. The number of benzene rings is 10. The molecule has 0 atom stereocenters. The first-order chi connectivity index (χ1) is 30.8. The molecule has 0 fully saturated rings. The molecule has 0 unspecified atom stereocenters. The van der Waals surface area contributed by atoms with E-state index >= 15 is 0 Å². The zero-order valence-electron chi connectivity index (χ0n) is 33.5. The van der Waals surface area contributed by atoms with Gasteiger partial charge >= 0.3 is 0 Å². The highest BCUT2D eigenvalue weighted by atomic mass is 16.3. The van der Waals surface area contributed by atoms with Crippen molar-refractivity contribution >= 4 is 93.5 Å². The average Bonchev–Trinajstić information content (AvgIpc) is 4.02. The summed E-state index contributed by atoms with van der Waals surface area (Å²) < 4.78 is 15.5. The van der Waals surface area contributed by atoms with Crippen molar-refractivity contribution in [3.8, 4) is 27.9 Å². The van der Waals surface area contributed by atoms with Crippen molar-refractivity contribution in [3.63, 3.8) is 0 Å². The summed E-state index contributed by atoms with van der Waals surface area (Å²) in [6.45, 7) is 0. The van der Waals surface area contributed by atoms with Crippen LogP contribution in [-0.4, -0.2) is 4.57 Å². The zero-order valence-corrected chi connectivity index (χ0v) is 33.5. The van der Waals surface area contributed by atoms with Crippen molar-refractivity contribution in [2.75, 3.05) is 4.90 Å². The van der Waals surface area contributed by atoms with E-state index in [4.69, 9.17) is 8.83 Å². The third-order valence-corrected chi connectivity index (χ3v) is 12.6. The fraction of sp³-hybridized carbons (Fsp3) is 0. The maximum absolute atomic E-state index is 6.91. The summed E-state index contributed by atoms with van der Waals surface area (Å²) in [6.07, 6.45) is 0. The van der Waals surface area contributed by atoms with Crippen molar-refractivity contribution in [2.45, 2.75) is 0 Å². The van der Waals surface area contributed by atoms with Crippen LogP contribution >= 0.6 is 0 Å². The van der Waals surface area contributed by atoms with Gasteiger partial charge in [-0.3, -0.25) is 0 Å². The first-order valence-electron chi connectivity index (χ1n) is 21.1. The lowest BCUT2D eigenvalue weighted by atomic mass is 9.97. The number of aromatic nitrogens is 1. The average molecular weight is 793 g/mol. The van der Waals surface area contributed by atoms with E-state index in [1.807, 2.05) is 12.1 Å². The van der Waals surface area contributed by atoms with E-state index in [0.29, 0.717) is 0 Å². The quantitative estimate of drug-likeness (QED) is 0.168. The van der Waals surface area contributed by atoms with Crippen LogP contribution in [0.1, 0.15) is 0 Å². The molecule has 0 N–H and O–H groups in total. The van der Waals surface area contributed by atoms with Crippen molar-refractivity contribution in [2.24, 2.45) is 0 Å². The highest BCUT2D eigenvalue weighted by molar-refractivity contribution is 6.18. The fourth-order valence-electron chi connectivity index (χ4n) is 9.83. The molecule has 13 rings (SSSR count). The van der Waals surface area contributed by atoms with Crippen molar-refractivity contribution in [1.82, 2.24) is 4.57 Å². The monoisotopic (exact) mass is 792 g/mol. The Morgan fingerprint density at radius 3 is 1.63 bits per heavy atom. The number of anilines is 3. The van der Waals surface area contributed by atoms with E-state index in [-0.39, 0.29) is 0 Å². The Labute approximate surface area is 356 Å². The smallest absolute Gasteiger partial charge is 0.145 e. The first kappa shape index (κ1) is 34.5. The maximum atomic E-state index is 6.91. The summed E-state index contributed by atoms with van der Waals surface area (Å²) in [5, 5.41) is 9.24. The summed E-state index contributed by atoms with van der Waals surface area (Å²) in [6, 6.07) is 77.9. The van der Waals surface area contributed by atoms with Crippen molar-refractivity contribution in [1.29, 1.82) is 0 Å². The van der Waals surface area contributed by atoms with Crippen LogP contribution < -0.4 is 4.90 Å². The molecule has 0 saturated carbocycles. The summed E-state index contributed by atoms with van der Waals surface area (Å²) in [5.74, 6) is 0. The number of hydrogen-bond donors (Lipinski definition) is 0. The predicted molar refractivity (Wildman–Crippen MR) is 258 cm³/mol. The molecule has 3 aromatic heterocycles. The highest BCUT2D eigenvalue weighted by Crippen LogP contribution is 2.48. The molecule has 0 amide bonds. The lowest BCUT2D eigenvalue weighted by Crippen LogP contribution is -2.11. The Hall–Kier alpha value is -8.34. The van der Waals surface area contributed by atoms with Crippen LogP contribution in [0.15, 0.2) is 227 Å². The minimum Gasteiger partial charge on any atom is -0.456 e. The topological polar surface area (TPSA) is 34.5 Å². The summed E-state index contributed by atoms with van der Waals surface area (Å²) in [5.41, 5.74) is 14.6. The molecule has 62 heavy (non-hydrogen) atoms. The van der Waals surface area contributed by atoms with Crippen molar-refractivity contribution < 1.29 is 8.83 Å². The van der Waals surface area contributed by atoms with Gasteiger partial charge in [0.15, 0.2) is 0 Å². The van der Waals surface area contributed by atoms with E-state index in [9.17, 15) is 0 Å². The van der Waals surface area contributed by atoms with Gasteiger partial charge in [0.25, 0.3) is 0 Å². The Morgan fingerprint density at radius 1 is 0.339 bits per heavy atom. The molecule has 0 saturated heterocycles. The predicted octanol–water partition coefficient (Wildman–Crippen LogP) is 16.5. The molecular formula is C58H36N2O2. The van der Waals surface area contributed by atoms with Crippen LogP contribution in [0.5, 0.6) is 0 Å². The normalized spacial score (nSPS) is 11.9. The molecule has 0 aliphatic carbocycles. The molecular weight excluding hydrogens is 757 g/mol. The van der Waals surface area contributed by atoms with Crippen LogP contribution in [0.2, 0.25) is 0 Å². The fourth-order valence-corrected chi connectivity index (χ4v) is 9.83. The second kappa shape index (κ2) is 13.6. The summed E-state index contributed by atoms with van der Waals surface area (Å²) >= 11 is 0. The minimum atomic E-state index is 0.853. The van der Waals surface area contributed by atoms with Gasteiger partial charge in [0.1, 0.15) is 22.3 Å². The van der Waals surface area contributed by atoms with Crippen LogP contribution in [0.4, 0.5) is 17.1 Å². The van der Waals surface area contributed by atoms with E-state index in [0.717, 1.165) is 88.9 Å². The third kappa shape index (κ3) is 5.20. The summed E-state index contributed by atoms with van der Waals surface area (Å²) in [7, 11) is 0. The van der Waals surface area contributed by atoms with Crippen molar-refractivity contribution in [3.05, 3.63) is 218 Å². The van der Waals surface area contributed by atoms with E-state index in [1.54, 1.807) is 0 Å².